The van der Waals surface area contributed by atoms with E-state index < -0.39 is 0 Å². The number of hydrogen-bond acceptors (Lipinski definition) is 4. The molecule has 1 heterocycles. The van der Waals surface area contributed by atoms with Gasteiger partial charge < -0.3 is 15.0 Å². The molecule has 1 aliphatic carbocycles. The molecule has 0 radical (unpaired) electrons. The molecule has 0 amide bonds. The lowest BCUT2D eigenvalue weighted by Crippen LogP contribution is -2.31. The highest BCUT2D eigenvalue weighted by Gasteiger charge is 2.40. The quantitative estimate of drug-likeness (QED) is 0.834. The lowest BCUT2D eigenvalue weighted by atomic mass is 9.84. The van der Waals surface area contributed by atoms with E-state index in [0.717, 1.165) is 31.8 Å². The molecule has 120 valence electrons. The molecule has 0 aromatic carbocycles. The number of likely N-dealkylation sites (N-methyl/N-ethyl adjacent to an activating group) is 1. The van der Waals surface area contributed by atoms with E-state index in [4.69, 9.17) is 4.74 Å². The fourth-order valence-corrected chi connectivity index (χ4v) is 3.51. The third-order valence-electron chi connectivity index (χ3n) is 4.59. The zero-order valence-corrected chi connectivity index (χ0v) is 14.1. The molecule has 1 aromatic heterocycles. The smallest absolute Gasteiger partial charge is 0.160 e. The van der Waals surface area contributed by atoms with Crippen molar-refractivity contribution in [2.45, 2.75) is 51.1 Å². The number of ether oxygens (including phenoxy) is 1. The van der Waals surface area contributed by atoms with Gasteiger partial charge in [-0.25, -0.2) is 0 Å². The molecule has 0 bridgehead atoms. The summed E-state index contributed by atoms with van der Waals surface area (Å²) in [6, 6.07) is 0.613. The van der Waals surface area contributed by atoms with Crippen molar-refractivity contribution in [1.29, 1.82) is 0 Å². The first kappa shape index (κ1) is 16.3. The zero-order chi connectivity index (χ0) is 15.5. The zero-order valence-electron chi connectivity index (χ0n) is 14.1. The Labute approximate surface area is 128 Å². The minimum Gasteiger partial charge on any atom is -0.493 e. The van der Waals surface area contributed by atoms with E-state index in [1.165, 1.54) is 18.5 Å². The molecule has 0 saturated heterocycles. The molecule has 2 rings (SSSR count). The predicted octanol–water partition coefficient (Wildman–Crippen LogP) is 1.87. The van der Waals surface area contributed by atoms with Crippen molar-refractivity contribution < 1.29 is 4.74 Å². The second-order valence-electron chi connectivity index (χ2n) is 6.65. The molecule has 5 heteroatoms. The van der Waals surface area contributed by atoms with Gasteiger partial charge in [0.1, 0.15) is 0 Å². The average Bonchev–Trinajstić information content (AvgIpc) is 3.01. The van der Waals surface area contributed by atoms with Crippen LogP contribution in [-0.4, -0.2) is 55.0 Å². The van der Waals surface area contributed by atoms with E-state index >= 15 is 0 Å². The van der Waals surface area contributed by atoms with Gasteiger partial charge in [0, 0.05) is 18.0 Å². The van der Waals surface area contributed by atoms with Crippen molar-refractivity contribution in [3.63, 3.8) is 0 Å². The Kier molecular flexibility index (Phi) is 5.27. The fraction of sp³-hybridized carbons (Fsp3) is 0.812. The second-order valence-corrected chi connectivity index (χ2v) is 6.65. The van der Waals surface area contributed by atoms with Crippen LogP contribution in [0.4, 0.5) is 0 Å². The van der Waals surface area contributed by atoms with Gasteiger partial charge in [-0.2, -0.15) is 5.10 Å². The van der Waals surface area contributed by atoms with E-state index in [-0.39, 0.29) is 5.41 Å². The Morgan fingerprint density at radius 3 is 2.90 bits per heavy atom. The van der Waals surface area contributed by atoms with Crippen LogP contribution in [0.25, 0.3) is 0 Å². The highest BCUT2D eigenvalue weighted by atomic mass is 16.5. The minimum absolute atomic E-state index is 0.154. The fourth-order valence-electron chi connectivity index (χ4n) is 3.51. The van der Waals surface area contributed by atoms with E-state index in [1.54, 1.807) is 7.11 Å². The van der Waals surface area contributed by atoms with Crippen LogP contribution in [0, 0.1) is 0 Å². The molecule has 2 unspecified atom stereocenters. The first-order valence-electron chi connectivity index (χ1n) is 7.98. The number of rotatable bonds is 7. The van der Waals surface area contributed by atoms with Crippen LogP contribution in [0.15, 0.2) is 6.20 Å². The minimum atomic E-state index is 0.154. The Morgan fingerprint density at radius 1 is 1.52 bits per heavy atom. The molecular weight excluding hydrogens is 264 g/mol. The molecule has 2 atom stereocenters. The van der Waals surface area contributed by atoms with E-state index in [1.807, 2.05) is 6.20 Å². The summed E-state index contributed by atoms with van der Waals surface area (Å²) in [4.78, 5) is 2.19. The summed E-state index contributed by atoms with van der Waals surface area (Å²) in [6.07, 6.45) is 5.45. The third kappa shape index (κ3) is 3.58. The monoisotopic (exact) mass is 294 g/mol. The number of nitrogens with one attached hydrogen (secondary N) is 1. The first-order valence-corrected chi connectivity index (χ1v) is 7.98. The van der Waals surface area contributed by atoms with E-state index in [0.29, 0.717) is 6.04 Å². The lowest BCUT2D eigenvalue weighted by Gasteiger charge is -2.27. The van der Waals surface area contributed by atoms with Crippen LogP contribution in [-0.2, 0) is 12.0 Å². The third-order valence-corrected chi connectivity index (χ3v) is 4.59. The predicted molar refractivity (Wildman–Crippen MR) is 86.0 cm³/mol. The van der Waals surface area contributed by atoms with Crippen LogP contribution in [0.2, 0.25) is 0 Å². The summed E-state index contributed by atoms with van der Waals surface area (Å²) in [6.45, 7) is 7.48. The molecule has 1 aromatic rings. The van der Waals surface area contributed by atoms with E-state index in [2.05, 4.69) is 47.9 Å². The van der Waals surface area contributed by atoms with Crippen molar-refractivity contribution in [3.05, 3.63) is 11.9 Å². The maximum atomic E-state index is 5.59. The van der Waals surface area contributed by atoms with Gasteiger partial charge in [-0.05, 0) is 39.9 Å². The summed E-state index contributed by atoms with van der Waals surface area (Å²) < 4.78 is 7.73. The van der Waals surface area contributed by atoms with Crippen molar-refractivity contribution in [2.24, 2.45) is 0 Å². The molecule has 1 saturated carbocycles. The molecule has 1 N–H and O–H groups in total. The van der Waals surface area contributed by atoms with Gasteiger partial charge in [0.15, 0.2) is 5.75 Å². The van der Waals surface area contributed by atoms with Gasteiger partial charge >= 0.3 is 0 Å². The highest BCUT2D eigenvalue weighted by Crippen LogP contribution is 2.44. The van der Waals surface area contributed by atoms with Gasteiger partial charge in [-0.3, -0.25) is 4.68 Å². The Bertz CT molecular complexity index is 457. The molecule has 0 spiro atoms. The van der Waals surface area contributed by atoms with Gasteiger partial charge in [0.05, 0.1) is 25.5 Å². The molecule has 1 aliphatic rings. The Balaban J connectivity index is 2.22. The largest absolute Gasteiger partial charge is 0.493 e. The van der Waals surface area contributed by atoms with Crippen LogP contribution >= 0.6 is 0 Å². The van der Waals surface area contributed by atoms with E-state index in [9.17, 15) is 0 Å². The summed E-state index contributed by atoms with van der Waals surface area (Å²) >= 11 is 0. The summed E-state index contributed by atoms with van der Waals surface area (Å²) in [7, 11) is 5.94. The number of nitrogens with zero attached hydrogens (tertiary/aromatic N) is 3. The standard InChI is InChI=1S/C16H30N4O/c1-6-17-13-7-8-16(2,11-13)15-14(21-5)12-18-20(15)10-9-19(3)4/h12-13,17H,6-11H2,1-5H3. The van der Waals surface area contributed by atoms with Gasteiger partial charge in [0.2, 0.25) is 0 Å². The normalized spacial score (nSPS) is 25.7. The van der Waals surface area contributed by atoms with Crippen molar-refractivity contribution in [3.8, 4) is 5.75 Å². The second kappa shape index (κ2) is 6.79. The number of methoxy groups -OCH3 is 1. The first-order chi connectivity index (χ1) is 10.00. The molecular formula is C16H30N4O. The molecule has 0 aliphatic heterocycles. The summed E-state index contributed by atoms with van der Waals surface area (Å²) in [5.41, 5.74) is 1.42. The van der Waals surface area contributed by atoms with Gasteiger partial charge in [0.25, 0.3) is 0 Å². The van der Waals surface area contributed by atoms with Crippen LogP contribution in [0.1, 0.15) is 38.8 Å². The summed E-state index contributed by atoms with van der Waals surface area (Å²) in [5, 5.41) is 8.15. The SMILES string of the molecule is CCNC1CCC(C)(c2c(OC)cnn2CCN(C)C)C1. The van der Waals surface area contributed by atoms with Crippen molar-refractivity contribution in [1.82, 2.24) is 20.0 Å². The van der Waals surface area contributed by atoms with Crippen molar-refractivity contribution >= 4 is 0 Å². The lowest BCUT2D eigenvalue weighted by molar-refractivity contribution is 0.336. The van der Waals surface area contributed by atoms with Crippen LogP contribution in [0.3, 0.4) is 0 Å². The summed E-state index contributed by atoms with van der Waals surface area (Å²) in [5.74, 6) is 0.938. The maximum Gasteiger partial charge on any atom is 0.160 e. The van der Waals surface area contributed by atoms with Crippen LogP contribution in [0.5, 0.6) is 5.75 Å². The maximum absolute atomic E-state index is 5.59. The molecule has 5 nitrogen and oxygen atoms in total. The number of aromatic nitrogens is 2. The van der Waals surface area contributed by atoms with Gasteiger partial charge in [-0.15, -0.1) is 0 Å². The Morgan fingerprint density at radius 2 is 2.29 bits per heavy atom. The molecule has 1 fully saturated rings. The van der Waals surface area contributed by atoms with Crippen LogP contribution < -0.4 is 10.1 Å². The topological polar surface area (TPSA) is 42.3 Å². The molecule has 21 heavy (non-hydrogen) atoms. The van der Waals surface area contributed by atoms with Gasteiger partial charge in [-0.1, -0.05) is 13.8 Å². The average molecular weight is 294 g/mol. The number of hydrogen-bond donors (Lipinski definition) is 1. The Hall–Kier alpha value is -1.07. The highest BCUT2D eigenvalue weighted by molar-refractivity contribution is 5.34. The van der Waals surface area contributed by atoms with Crippen molar-refractivity contribution in [2.75, 3.05) is 34.3 Å².